The first-order valence-corrected chi connectivity index (χ1v) is 13.1. The first kappa shape index (κ1) is 25.6. The molecule has 0 fully saturated rings. The van der Waals surface area contributed by atoms with Gasteiger partial charge in [0.1, 0.15) is 5.82 Å². The maximum atomic E-state index is 13.6. The van der Waals surface area contributed by atoms with E-state index >= 15 is 0 Å². The molecule has 31 heavy (non-hydrogen) atoms. The molecule has 2 aromatic rings. The van der Waals surface area contributed by atoms with Crippen molar-refractivity contribution in [1.82, 2.24) is 4.98 Å². The Labute approximate surface area is 187 Å². The lowest BCUT2D eigenvalue weighted by Crippen LogP contribution is -2.46. The van der Waals surface area contributed by atoms with E-state index in [0.717, 1.165) is 6.07 Å². The number of hydrogen-bond acceptors (Lipinski definition) is 2. The average Bonchev–Trinajstić information content (AvgIpc) is 2.60. The van der Waals surface area contributed by atoms with E-state index in [2.05, 4.69) is 45.4 Å². The Balaban J connectivity index is 2.68. The maximum Gasteiger partial charge on any atom is 0.417 e. The van der Waals surface area contributed by atoms with Gasteiger partial charge in [-0.25, -0.2) is 9.37 Å². The fourth-order valence-corrected chi connectivity index (χ4v) is 4.71. The third kappa shape index (κ3) is 5.76. The summed E-state index contributed by atoms with van der Waals surface area (Å²) in [4.78, 5) is 4.15. The van der Waals surface area contributed by atoms with Crippen molar-refractivity contribution in [3.05, 3.63) is 59.0 Å². The van der Waals surface area contributed by atoms with Crippen molar-refractivity contribution in [2.24, 2.45) is 0 Å². The molecule has 1 aromatic carbocycles. The Morgan fingerprint density at radius 1 is 1.03 bits per heavy atom. The zero-order valence-electron chi connectivity index (χ0n) is 18.8. The molecule has 2 nitrogen and oxygen atoms in total. The van der Waals surface area contributed by atoms with E-state index in [-0.39, 0.29) is 21.4 Å². The first-order valence-electron chi connectivity index (χ1n) is 9.80. The van der Waals surface area contributed by atoms with Crippen molar-refractivity contribution in [3.8, 4) is 11.3 Å². The topological polar surface area (TPSA) is 22.1 Å². The quantitative estimate of drug-likeness (QED) is 0.321. The summed E-state index contributed by atoms with van der Waals surface area (Å²) >= 11 is 5.89. The predicted molar refractivity (Wildman–Crippen MR) is 121 cm³/mol. The summed E-state index contributed by atoms with van der Waals surface area (Å²) in [5.74, 6) is -0.622. The summed E-state index contributed by atoms with van der Waals surface area (Å²) in [7, 11) is -2.25. The summed E-state index contributed by atoms with van der Waals surface area (Å²) in [5, 5.41) is -0.235. The standard InChI is InChI=1S/C23H28ClF4NOSi/c1-14(23(26,27)28)19-12-16(22(5,6)30-31(7,8)21(2,3)4)13-20(29-19)15-9-10-18(25)17(24)11-15/h9-13H,1H2,2-8H3. The van der Waals surface area contributed by atoms with Crippen molar-refractivity contribution < 1.29 is 22.0 Å². The van der Waals surface area contributed by atoms with E-state index in [1.807, 2.05) is 13.8 Å². The van der Waals surface area contributed by atoms with E-state index < -0.39 is 31.5 Å². The summed E-state index contributed by atoms with van der Waals surface area (Å²) in [5.41, 5.74) is -1.13. The van der Waals surface area contributed by atoms with Crippen LogP contribution in [0.3, 0.4) is 0 Å². The summed E-state index contributed by atoms with van der Waals surface area (Å²) < 4.78 is 60.4. The minimum atomic E-state index is -4.65. The maximum absolute atomic E-state index is 13.6. The number of rotatable bonds is 5. The largest absolute Gasteiger partial charge is 0.417 e. The van der Waals surface area contributed by atoms with Crippen LogP contribution in [0.4, 0.5) is 17.6 Å². The highest BCUT2D eigenvalue weighted by Crippen LogP contribution is 2.43. The second-order valence-corrected chi connectivity index (χ2v) is 14.7. The molecule has 0 spiro atoms. The van der Waals surface area contributed by atoms with Crippen molar-refractivity contribution in [1.29, 1.82) is 0 Å². The molecule has 1 heterocycles. The molecule has 0 unspecified atom stereocenters. The summed E-state index contributed by atoms with van der Waals surface area (Å²) in [6.07, 6.45) is -4.65. The van der Waals surface area contributed by atoms with E-state index in [1.165, 1.54) is 18.2 Å². The lowest BCUT2D eigenvalue weighted by molar-refractivity contribution is -0.0689. The fraction of sp³-hybridized carbons (Fsp3) is 0.435. The minimum absolute atomic E-state index is 0.0942. The van der Waals surface area contributed by atoms with Gasteiger partial charge in [0.25, 0.3) is 0 Å². The normalized spacial score (nSPS) is 13.4. The van der Waals surface area contributed by atoms with E-state index in [1.54, 1.807) is 6.07 Å². The van der Waals surface area contributed by atoms with Gasteiger partial charge in [-0.2, -0.15) is 13.2 Å². The highest BCUT2D eigenvalue weighted by molar-refractivity contribution is 6.74. The average molecular weight is 474 g/mol. The van der Waals surface area contributed by atoms with Crippen LogP contribution in [0, 0.1) is 5.82 Å². The van der Waals surface area contributed by atoms with Gasteiger partial charge >= 0.3 is 6.18 Å². The van der Waals surface area contributed by atoms with E-state index in [0.29, 0.717) is 11.1 Å². The number of alkyl halides is 3. The van der Waals surface area contributed by atoms with Crippen LogP contribution in [0.1, 0.15) is 45.9 Å². The Morgan fingerprint density at radius 2 is 1.61 bits per heavy atom. The summed E-state index contributed by atoms with van der Waals surface area (Å²) in [6.45, 7) is 17.3. The number of pyridine rings is 1. The van der Waals surface area contributed by atoms with Gasteiger partial charge in [0.2, 0.25) is 0 Å². The second kappa shape index (κ2) is 8.33. The van der Waals surface area contributed by atoms with E-state index in [4.69, 9.17) is 16.0 Å². The predicted octanol–water partition coefficient (Wildman–Crippen LogP) is 8.37. The lowest BCUT2D eigenvalue weighted by Gasteiger charge is -2.43. The smallest absolute Gasteiger partial charge is 0.408 e. The molecule has 0 N–H and O–H groups in total. The Morgan fingerprint density at radius 3 is 2.10 bits per heavy atom. The van der Waals surface area contributed by atoms with Crippen molar-refractivity contribution in [2.45, 2.75) is 64.5 Å². The Bertz CT molecular complexity index is 994. The number of hydrogen-bond donors (Lipinski definition) is 0. The molecule has 0 saturated carbocycles. The Hall–Kier alpha value is -1.70. The second-order valence-electron chi connectivity index (χ2n) is 9.60. The molecule has 0 aliphatic rings. The molecule has 0 saturated heterocycles. The molecular weight excluding hydrogens is 446 g/mol. The van der Waals surface area contributed by atoms with Crippen molar-refractivity contribution in [2.75, 3.05) is 0 Å². The molecule has 170 valence electrons. The van der Waals surface area contributed by atoms with Crippen LogP contribution in [0.25, 0.3) is 16.8 Å². The van der Waals surface area contributed by atoms with Gasteiger partial charge in [-0.05, 0) is 67.9 Å². The molecule has 8 heteroatoms. The lowest BCUT2D eigenvalue weighted by atomic mass is 9.95. The van der Waals surface area contributed by atoms with Gasteiger partial charge in [0.05, 0.1) is 27.6 Å². The van der Waals surface area contributed by atoms with Gasteiger partial charge in [-0.1, -0.05) is 39.0 Å². The molecule has 0 radical (unpaired) electrons. The number of nitrogens with zero attached hydrogens (tertiary/aromatic N) is 1. The number of benzene rings is 1. The van der Waals surface area contributed by atoms with Crippen LogP contribution < -0.4 is 0 Å². The third-order valence-corrected chi connectivity index (χ3v) is 10.6. The van der Waals surface area contributed by atoms with Gasteiger partial charge in [-0.15, -0.1) is 0 Å². The zero-order chi connectivity index (χ0) is 24.0. The molecule has 0 bridgehead atoms. The van der Waals surface area contributed by atoms with Crippen molar-refractivity contribution >= 4 is 25.5 Å². The number of allylic oxidation sites excluding steroid dienone is 1. The molecule has 1 aromatic heterocycles. The van der Waals surface area contributed by atoms with Crippen LogP contribution in [0.15, 0.2) is 36.9 Å². The minimum Gasteiger partial charge on any atom is -0.408 e. The highest BCUT2D eigenvalue weighted by Gasteiger charge is 2.42. The fourth-order valence-electron chi connectivity index (χ4n) is 2.83. The molecule has 0 aliphatic carbocycles. The van der Waals surface area contributed by atoms with Crippen molar-refractivity contribution in [3.63, 3.8) is 0 Å². The number of aromatic nitrogens is 1. The zero-order valence-corrected chi connectivity index (χ0v) is 20.6. The Kier molecular flexibility index (Phi) is 6.87. The molecule has 0 atom stereocenters. The third-order valence-electron chi connectivity index (χ3n) is 5.70. The summed E-state index contributed by atoms with van der Waals surface area (Å²) in [6, 6.07) is 6.93. The van der Waals surface area contributed by atoms with E-state index in [9.17, 15) is 17.6 Å². The molecule has 0 aliphatic heterocycles. The molecule has 2 rings (SSSR count). The van der Waals surface area contributed by atoms with Crippen LogP contribution in [0.5, 0.6) is 0 Å². The first-order chi connectivity index (χ1) is 13.8. The molecule has 0 amide bonds. The van der Waals surface area contributed by atoms with Crippen LogP contribution >= 0.6 is 11.6 Å². The van der Waals surface area contributed by atoms with Crippen LogP contribution in [-0.2, 0) is 10.0 Å². The highest BCUT2D eigenvalue weighted by atomic mass is 35.5. The van der Waals surface area contributed by atoms with Gasteiger partial charge in [0, 0.05) is 5.56 Å². The van der Waals surface area contributed by atoms with Crippen LogP contribution in [0.2, 0.25) is 23.2 Å². The van der Waals surface area contributed by atoms with Gasteiger partial charge in [-0.3, -0.25) is 0 Å². The van der Waals surface area contributed by atoms with Crippen LogP contribution in [-0.4, -0.2) is 19.5 Å². The molecular formula is C23H28ClF4NOSi. The number of halogens is 5. The van der Waals surface area contributed by atoms with Gasteiger partial charge < -0.3 is 4.43 Å². The van der Waals surface area contributed by atoms with Gasteiger partial charge in [0.15, 0.2) is 8.32 Å². The monoisotopic (exact) mass is 473 g/mol. The SMILES string of the molecule is C=C(c1cc(C(C)(C)O[Si](C)(C)C(C)(C)C)cc(-c2ccc(F)c(Cl)c2)n1)C(F)(F)F.